The number of anilines is 3. The summed E-state index contributed by atoms with van der Waals surface area (Å²) in [6.07, 6.45) is 0. The van der Waals surface area contributed by atoms with Crippen LogP contribution in [0.3, 0.4) is 0 Å². The van der Waals surface area contributed by atoms with E-state index in [9.17, 15) is 0 Å². The highest BCUT2D eigenvalue weighted by molar-refractivity contribution is 6.37. The van der Waals surface area contributed by atoms with E-state index in [1.54, 1.807) is 0 Å². The molecule has 1 aromatic heterocycles. The summed E-state index contributed by atoms with van der Waals surface area (Å²) in [7, 11) is 0. The average molecular weight is 564 g/mol. The van der Waals surface area contributed by atoms with Crippen molar-refractivity contribution in [2.75, 3.05) is 4.90 Å². The molecular weight excluding hydrogens is 534 g/mol. The van der Waals surface area contributed by atoms with Gasteiger partial charge < -0.3 is 9.32 Å². The van der Waals surface area contributed by atoms with Crippen molar-refractivity contribution in [2.24, 2.45) is 0 Å². The number of benzene rings is 8. The molecule has 0 radical (unpaired) electrons. The van der Waals surface area contributed by atoms with Crippen LogP contribution in [-0.2, 0) is 0 Å². The number of fused-ring (bicyclic) bond motifs is 12. The van der Waals surface area contributed by atoms with Gasteiger partial charge in [-0.15, -0.1) is 0 Å². The summed E-state index contributed by atoms with van der Waals surface area (Å²) >= 11 is 0. The summed E-state index contributed by atoms with van der Waals surface area (Å²) < 4.78 is 6.49. The molecule has 0 unspecified atom stereocenters. The van der Waals surface area contributed by atoms with E-state index in [1.807, 2.05) is 0 Å². The van der Waals surface area contributed by atoms with E-state index in [0.717, 1.165) is 16.9 Å². The Morgan fingerprint density at radius 3 is 1.70 bits per heavy atom. The monoisotopic (exact) mass is 563 g/mol. The quantitative estimate of drug-likeness (QED) is 0.199. The fraction of sp³-hybridized carbons (Fsp3) is 0.0476. The zero-order valence-corrected chi connectivity index (χ0v) is 24.6. The fourth-order valence-corrected chi connectivity index (χ4v) is 7.24. The predicted molar refractivity (Wildman–Crippen MR) is 188 cm³/mol. The molecule has 0 fully saturated rings. The second-order valence-corrected chi connectivity index (χ2v) is 11.8. The molecule has 9 rings (SSSR count). The third-order valence-corrected chi connectivity index (χ3v) is 9.28. The Bertz CT molecular complexity index is 2520. The second-order valence-electron chi connectivity index (χ2n) is 11.8. The normalized spacial score (nSPS) is 11.9. The first-order valence-corrected chi connectivity index (χ1v) is 15.2. The van der Waals surface area contributed by atoms with Crippen molar-refractivity contribution in [1.82, 2.24) is 0 Å². The van der Waals surface area contributed by atoms with Crippen molar-refractivity contribution >= 4 is 82.1 Å². The first kappa shape index (κ1) is 24.9. The summed E-state index contributed by atoms with van der Waals surface area (Å²) in [5.74, 6) is 0. The molecule has 208 valence electrons. The van der Waals surface area contributed by atoms with Crippen LogP contribution in [0.2, 0.25) is 0 Å². The maximum absolute atomic E-state index is 6.49. The standard InChI is InChI=1S/C42H29NO/c1-26-11-3-9-17-36(26)43(37-18-10-4-12-27(37)2)29-20-21-32-34-22-24-39-42(40(34)33-16-8-7-15-31(33)35(32)25-29)41-30-14-6-5-13-28(30)19-23-38(41)44-39/h3-25H,1-2H3. The molecule has 0 aliphatic rings. The lowest BCUT2D eigenvalue weighted by atomic mass is 9.90. The number of rotatable bonds is 3. The predicted octanol–water partition coefficient (Wildman–Crippen LogP) is 12.3. The van der Waals surface area contributed by atoms with Crippen molar-refractivity contribution < 1.29 is 4.42 Å². The zero-order chi connectivity index (χ0) is 29.4. The molecule has 44 heavy (non-hydrogen) atoms. The molecule has 0 bridgehead atoms. The molecule has 2 nitrogen and oxygen atoms in total. The first-order valence-electron chi connectivity index (χ1n) is 15.2. The molecule has 0 aliphatic carbocycles. The highest BCUT2D eigenvalue weighted by Crippen LogP contribution is 2.46. The van der Waals surface area contributed by atoms with Gasteiger partial charge in [-0.25, -0.2) is 0 Å². The average Bonchev–Trinajstić information content (AvgIpc) is 3.46. The van der Waals surface area contributed by atoms with Gasteiger partial charge in [-0.05, 0) is 105 Å². The highest BCUT2D eigenvalue weighted by atomic mass is 16.3. The lowest BCUT2D eigenvalue weighted by molar-refractivity contribution is 0.669. The van der Waals surface area contributed by atoms with Crippen LogP contribution in [0, 0.1) is 13.8 Å². The molecule has 1 heterocycles. The first-order chi connectivity index (χ1) is 21.7. The van der Waals surface area contributed by atoms with E-state index in [2.05, 4.69) is 158 Å². The Morgan fingerprint density at radius 2 is 0.955 bits per heavy atom. The van der Waals surface area contributed by atoms with Gasteiger partial charge in [-0.2, -0.15) is 0 Å². The molecular formula is C42H29NO. The van der Waals surface area contributed by atoms with E-state index in [4.69, 9.17) is 4.42 Å². The van der Waals surface area contributed by atoms with Gasteiger partial charge in [0.1, 0.15) is 11.2 Å². The molecule has 0 spiro atoms. The maximum Gasteiger partial charge on any atom is 0.136 e. The van der Waals surface area contributed by atoms with Gasteiger partial charge in [0.15, 0.2) is 0 Å². The van der Waals surface area contributed by atoms with Gasteiger partial charge in [-0.3, -0.25) is 0 Å². The van der Waals surface area contributed by atoms with Crippen molar-refractivity contribution in [1.29, 1.82) is 0 Å². The van der Waals surface area contributed by atoms with Gasteiger partial charge in [0.2, 0.25) is 0 Å². The van der Waals surface area contributed by atoms with Crippen molar-refractivity contribution in [3.8, 4) is 0 Å². The third kappa shape index (κ3) is 3.55. The lowest BCUT2D eigenvalue weighted by Gasteiger charge is -2.29. The Morgan fingerprint density at radius 1 is 0.409 bits per heavy atom. The number of para-hydroxylation sites is 2. The summed E-state index contributed by atoms with van der Waals surface area (Å²) in [4.78, 5) is 2.40. The molecule has 8 aromatic carbocycles. The summed E-state index contributed by atoms with van der Waals surface area (Å²) in [6, 6.07) is 50.4. The van der Waals surface area contributed by atoms with Crippen LogP contribution < -0.4 is 4.90 Å². The van der Waals surface area contributed by atoms with E-state index in [-0.39, 0.29) is 0 Å². The number of nitrogens with zero attached hydrogens (tertiary/aromatic N) is 1. The van der Waals surface area contributed by atoms with Crippen LogP contribution >= 0.6 is 0 Å². The number of furan rings is 1. The SMILES string of the molecule is Cc1ccccc1N(c1ccc2c(c1)c1ccccc1c1c2ccc2oc3ccc4ccccc4c3c21)c1ccccc1C. The van der Waals surface area contributed by atoms with Gasteiger partial charge in [-0.1, -0.05) is 97.1 Å². The van der Waals surface area contributed by atoms with Crippen LogP contribution in [0.25, 0.3) is 65.0 Å². The minimum Gasteiger partial charge on any atom is -0.456 e. The third-order valence-electron chi connectivity index (χ3n) is 9.28. The minimum absolute atomic E-state index is 0.926. The Labute approximate surface area is 255 Å². The van der Waals surface area contributed by atoms with Crippen LogP contribution in [-0.4, -0.2) is 0 Å². The molecule has 0 aliphatic heterocycles. The van der Waals surface area contributed by atoms with Crippen molar-refractivity contribution in [3.05, 3.63) is 151 Å². The maximum atomic E-state index is 6.49. The van der Waals surface area contributed by atoms with E-state index in [0.29, 0.717) is 0 Å². The van der Waals surface area contributed by atoms with Crippen LogP contribution in [0.4, 0.5) is 17.1 Å². The molecule has 0 N–H and O–H groups in total. The second kappa shape index (κ2) is 9.45. The zero-order valence-electron chi connectivity index (χ0n) is 24.6. The summed E-state index contributed by atoms with van der Waals surface area (Å²) in [5, 5.41) is 12.3. The number of hydrogen-bond donors (Lipinski definition) is 0. The van der Waals surface area contributed by atoms with Crippen LogP contribution in [0.1, 0.15) is 11.1 Å². The summed E-state index contributed by atoms with van der Waals surface area (Å²) in [5.41, 5.74) is 7.84. The Balaban J connectivity index is 1.41. The molecule has 0 amide bonds. The molecule has 0 saturated carbocycles. The molecule has 9 aromatic rings. The van der Waals surface area contributed by atoms with Crippen LogP contribution in [0.5, 0.6) is 0 Å². The van der Waals surface area contributed by atoms with Crippen LogP contribution in [0.15, 0.2) is 144 Å². The topological polar surface area (TPSA) is 16.4 Å². The van der Waals surface area contributed by atoms with Gasteiger partial charge in [0.25, 0.3) is 0 Å². The minimum atomic E-state index is 0.926. The Hall–Kier alpha value is -5.60. The highest BCUT2D eigenvalue weighted by Gasteiger charge is 2.20. The smallest absolute Gasteiger partial charge is 0.136 e. The van der Waals surface area contributed by atoms with E-state index < -0.39 is 0 Å². The molecule has 0 saturated heterocycles. The van der Waals surface area contributed by atoms with Gasteiger partial charge in [0, 0.05) is 33.2 Å². The number of aryl methyl sites for hydroxylation is 2. The van der Waals surface area contributed by atoms with Gasteiger partial charge in [0.05, 0.1) is 0 Å². The fourth-order valence-electron chi connectivity index (χ4n) is 7.24. The Kier molecular flexibility index (Phi) is 5.36. The molecule has 0 atom stereocenters. The van der Waals surface area contributed by atoms with Gasteiger partial charge >= 0.3 is 0 Å². The summed E-state index contributed by atoms with van der Waals surface area (Å²) in [6.45, 7) is 4.38. The van der Waals surface area contributed by atoms with E-state index >= 15 is 0 Å². The number of hydrogen-bond acceptors (Lipinski definition) is 2. The molecule has 2 heteroatoms. The van der Waals surface area contributed by atoms with Crippen molar-refractivity contribution in [2.45, 2.75) is 13.8 Å². The van der Waals surface area contributed by atoms with Crippen molar-refractivity contribution in [3.63, 3.8) is 0 Å². The van der Waals surface area contributed by atoms with E-state index in [1.165, 1.54) is 76.4 Å². The largest absolute Gasteiger partial charge is 0.456 e. The lowest BCUT2D eigenvalue weighted by Crippen LogP contribution is -2.12.